The summed E-state index contributed by atoms with van der Waals surface area (Å²) in [6.45, 7) is 4.89. The number of hydrogen-bond acceptors (Lipinski definition) is 6. The standard InChI is InChI=1S/C31H42ClN3O3S/c1-2-25(36)19-23(20-30-33-28-14-12-24(32)21-29(28)39-30)31(38)34-27(22-9-4-5-10-22)15-13-26(37)11-8-18-35-16-6-3-7-17-35/h8,11-12,14,21-23,27H,2-7,9-10,13,15-20H2,1H3,(H,34,38)/b11-8+/t23-,27+/m0/s1. The molecule has 1 aliphatic heterocycles. The summed E-state index contributed by atoms with van der Waals surface area (Å²) in [6, 6.07) is 5.54. The van der Waals surface area contributed by atoms with Gasteiger partial charge in [0.15, 0.2) is 5.78 Å². The Morgan fingerprint density at radius 2 is 1.92 bits per heavy atom. The van der Waals surface area contributed by atoms with Gasteiger partial charge >= 0.3 is 0 Å². The zero-order chi connectivity index (χ0) is 27.6. The maximum Gasteiger partial charge on any atom is 0.224 e. The van der Waals surface area contributed by atoms with E-state index in [-0.39, 0.29) is 29.9 Å². The molecule has 0 unspecified atom stereocenters. The largest absolute Gasteiger partial charge is 0.353 e. The van der Waals surface area contributed by atoms with Gasteiger partial charge in [0.05, 0.1) is 21.1 Å². The highest BCUT2D eigenvalue weighted by Crippen LogP contribution is 2.31. The van der Waals surface area contributed by atoms with Gasteiger partial charge in [-0.3, -0.25) is 19.3 Å². The number of piperidine rings is 1. The first kappa shape index (κ1) is 29.9. The lowest BCUT2D eigenvalue weighted by Gasteiger charge is -2.27. The van der Waals surface area contributed by atoms with E-state index >= 15 is 0 Å². The third kappa shape index (κ3) is 9.22. The number of aromatic nitrogens is 1. The van der Waals surface area contributed by atoms with Crippen LogP contribution in [-0.4, -0.2) is 53.0 Å². The Labute approximate surface area is 241 Å². The van der Waals surface area contributed by atoms with E-state index in [4.69, 9.17) is 16.6 Å². The van der Waals surface area contributed by atoms with Crippen molar-refractivity contribution in [3.63, 3.8) is 0 Å². The number of fused-ring (bicyclic) bond motifs is 1. The molecule has 2 atom stereocenters. The molecule has 1 aliphatic carbocycles. The van der Waals surface area contributed by atoms with Crippen LogP contribution in [0.4, 0.5) is 0 Å². The smallest absolute Gasteiger partial charge is 0.224 e. The van der Waals surface area contributed by atoms with Crippen molar-refractivity contribution in [3.8, 4) is 0 Å². The minimum Gasteiger partial charge on any atom is -0.353 e. The van der Waals surface area contributed by atoms with Gasteiger partial charge in [0.2, 0.25) is 5.91 Å². The summed E-state index contributed by atoms with van der Waals surface area (Å²) in [5.41, 5.74) is 0.857. The number of carbonyl (C=O) groups excluding carboxylic acids is 3. The first-order chi connectivity index (χ1) is 18.9. The van der Waals surface area contributed by atoms with Crippen molar-refractivity contribution < 1.29 is 14.4 Å². The zero-order valence-electron chi connectivity index (χ0n) is 23.1. The molecular formula is C31H42ClN3O3S. The Kier molecular flexibility index (Phi) is 11.5. The molecule has 1 aromatic heterocycles. The van der Waals surface area contributed by atoms with Gasteiger partial charge in [0.1, 0.15) is 5.78 Å². The SMILES string of the molecule is CCC(=O)C[C@@H](Cc1nc2ccc(Cl)cc2s1)C(=O)N[C@H](CCC(=O)/C=C/CN1CCCCC1)C1CCCC1. The van der Waals surface area contributed by atoms with Gasteiger partial charge in [-0.2, -0.15) is 0 Å². The predicted octanol–water partition coefficient (Wildman–Crippen LogP) is 6.54. The Balaban J connectivity index is 1.38. The van der Waals surface area contributed by atoms with Gasteiger partial charge in [-0.1, -0.05) is 43.9 Å². The van der Waals surface area contributed by atoms with Crippen LogP contribution in [0.15, 0.2) is 30.4 Å². The second-order valence-electron chi connectivity index (χ2n) is 11.1. The molecule has 212 valence electrons. The molecule has 39 heavy (non-hydrogen) atoms. The second kappa shape index (κ2) is 15.1. The van der Waals surface area contributed by atoms with Crippen LogP contribution >= 0.6 is 22.9 Å². The van der Waals surface area contributed by atoms with Crippen molar-refractivity contribution in [1.82, 2.24) is 15.2 Å². The Morgan fingerprint density at radius 3 is 2.67 bits per heavy atom. The van der Waals surface area contributed by atoms with Crippen LogP contribution in [0, 0.1) is 11.8 Å². The number of rotatable bonds is 14. The van der Waals surface area contributed by atoms with Crippen molar-refractivity contribution in [2.45, 2.75) is 90.0 Å². The van der Waals surface area contributed by atoms with Crippen LogP contribution < -0.4 is 5.32 Å². The summed E-state index contributed by atoms with van der Waals surface area (Å²) >= 11 is 7.67. The fourth-order valence-electron chi connectivity index (χ4n) is 5.86. The Bertz CT molecular complexity index is 1150. The molecule has 6 nitrogen and oxygen atoms in total. The van der Waals surface area contributed by atoms with E-state index in [9.17, 15) is 14.4 Å². The molecule has 0 spiro atoms. The lowest BCUT2D eigenvalue weighted by atomic mass is 9.91. The van der Waals surface area contributed by atoms with Gasteiger partial charge in [-0.05, 0) is 75.4 Å². The monoisotopic (exact) mass is 571 g/mol. The minimum atomic E-state index is -0.475. The van der Waals surface area contributed by atoms with Gasteiger partial charge in [-0.15, -0.1) is 11.3 Å². The topological polar surface area (TPSA) is 79.4 Å². The summed E-state index contributed by atoms with van der Waals surface area (Å²) in [5.74, 6) is 0.00338. The number of amides is 1. The molecule has 2 heterocycles. The molecule has 2 aromatic rings. The number of thiazole rings is 1. The third-order valence-electron chi connectivity index (χ3n) is 8.17. The second-order valence-corrected chi connectivity index (χ2v) is 12.7. The fraction of sp³-hybridized carbons (Fsp3) is 0.613. The first-order valence-electron chi connectivity index (χ1n) is 14.7. The summed E-state index contributed by atoms with van der Waals surface area (Å²) in [7, 11) is 0. The number of benzene rings is 1. The van der Waals surface area contributed by atoms with E-state index in [1.165, 1.54) is 30.6 Å². The third-order valence-corrected chi connectivity index (χ3v) is 9.44. The highest BCUT2D eigenvalue weighted by Gasteiger charge is 2.30. The molecule has 0 radical (unpaired) electrons. The number of nitrogens with one attached hydrogen (secondary N) is 1. The minimum absolute atomic E-state index is 0.0483. The number of carbonyl (C=O) groups is 3. The van der Waals surface area contributed by atoms with Crippen molar-refractivity contribution in [2.24, 2.45) is 11.8 Å². The number of likely N-dealkylation sites (tertiary alicyclic amines) is 1. The molecular weight excluding hydrogens is 530 g/mol. The van der Waals surface area contributed by atoms with Crippen molar-refractivity contribution in [2.75, 3.05) is 19.6 Å². The van der Waals surface area contributed by atoms with Crippen molar-refractivity contribution in [1.29, 1.82) is 0 Å². The number of hydrogen-bond donors (Lipinski definition) is 1. The summed E-state index contributed by atoms with van der Waals surface area (Å²) in [5, 5.41) is 4.79. The van der Waals surface area contributed by atoms with E-state index < -0.39 is 5.92 Å². The molecule has 4 rings (SSSR count). The maximum atomic E-state index is 13.6. The Hall–Kier alpha value is -2.09. The van der Waals surface area contributed by atoms with Crippen LogP contribution in [0.5, 0.6) is 0 Å². The average Bonchev–Trinajstić information content (AvgIpc) is 3.61. The van der Waals surface area contributed by atoms with Gasteiger partial charge in [0.25, 0.3) is 0 Å². The molecule has 1 aromatic carbocycles. The quantitative estimate of drug-likeness (QED) is 0.260. The van der Waals surface area contributed by atoms with Crippen molar-refractivity contribution in [3.05, 3.63) is 40.4 Å². The molecule has 2 aliphatic rings. The molecule has 0 bridgehead atoms. The number of ketones is 2. The maximum absolute atomic E-state index is 13.6. The van der Waals surface area contributed by atoms with E-state index in [0.717, 1.165) is 60.5 Å². The zero-order valence-corrected chi connectivity index (χ0v) is 24.7. The lowest BCUT2D eigenvalue weighted by molar-refractivity contribution is -0.130. The summed E-state index contributed by atoms with van der Waals surface area (Å²) in [4.78, 5) is 45.8. The number of allylic oxidation sites excluding steroid dienone is 1. The molecule has 2 fully saturated rings. The number of nitrogens with zero attached hydrogens (tertiary/aromatic N) is 2. The molecule has 1 amide bonds. The Morgan fingerprint density at radius 1 is 1.15 bits per heavy atom. The molecule has 8 heteroatoms. The highest BCUT2D eigenvalue weighted by atomic mass is 35.5. The fourth-order valence-corrected chi connectivity index (χ4v) is 7.19. The van der Waals surface area contributed by atoms with E-state index in [0.29, 0.717) is 36.6 Å². The van der Waals surface area contributed by atoms with Gasteiger partial charge in [0, 0.05) is 43.3 Å². The predicted molar refractivity (Wildman–Crippen MR) is 159 cm³/mol. The van der Waals surface area contributed by atoms with Gasteiger partial charge < -0.3 is 5.32 Å². The molecule has 1 saturated carbocycles. The summed E-state index contributed by atoms with van der Waals surface area (Å²) in [6.07, 6.45) is 14.1. The van der Waals surface area contributed by atoms with Crippen LogP contribution in [0.1, 0.15) is 82.6 Å². The van der Waals surface area contributed by atoms with Crippen LogP contribution in [0.2, 0.25) is 5.02 Å². The molecule has 1 saturated heterocycles. The normalized spacial score (nSPS) is 18.5. The van der Waals surface area contributed by atoms with E-state index in [1.807, 2.05) is 31.2 Å². The molecule has 1 N–H and O–H groups in total. The lowest BCUT2D eigenvalue weighted by Crippen LogP contribution is -2.44. The summed E-state index contributed by atoms with van der Waals surface area (Å²) < 4.78 is 0.981. The van der Waals surface area contributed by atoms with E-state index in [1.54, 1.807) is 6.08 Å². The van der Waals surface area contributed by atoms with Crippen molar-refractivity contribution >= 4 is 50.6 Å². The van der Waals surface area contributed by atoms with Crippen LogP contribution in [-0.2, 0) is 20.8 Å². The average molecular weight is 572 g/mol. The van der Waals surface area contributed by atoms with E-state index in [2.05, 4.69) is 10.2 Å². The first-order valence-corrected chi connectivity index (χ1v) is 15.9. The highest BCUT2D eigenvalue weighted by molar-refractivity contribution is 7.18. The van der Waals surface area contributed by atoms with Crippen LogP contribution in [0.3, 0.4) is 0 Å². The number of halogens is 1. The van der Waals surface area contributed by atoms with Crippen LogP contribution in [0.25, 0.3) is 10.2 Å². The number of Topliss-reactive ketones (excluding diaryl/α,β-unsaturated/α-hetero) is 1. The van der Waals surface area contributed by atoms with Gasteiger partial charge in [-0.25, -0.2) is 4.98 Å².